The molecule has 0 saturated heterocycles. The number of ether oxygens (including phenoxy) is 1. The number of rotatable bonds is 2. The Kier molecular flexibility index (Phi) is 2.14. The highest BCUT2D eigenvalue weighted by Gasteiger charge is 2.36. The predicted molar refractivity (Wildman–Crippen MR) is 53.9 cm³/mol. The molecule has 1 saturated carbocycles. The lowest BCUT2D eigenvalue weighted by Gasteiger charge is -1.92. The van der Waals surface area contributed by atoms with E-state index in [1.54, 1.807) is 18.4 Å². The maximum absolute atomic E-state index is 5.75. The molecule has 0 unspecified atom stereocenters. The van der Waals surface area contributed by atoms with Gasteiger partial charge in [-0.2, -0.15) is 0 Å². The molecule has 1 aromatic rings. The summed E-state index contributed by atoms with van der Waals surface area (Å²) in [5, 5.41) is 0.948. The predicted octanol–water partition coefficient (Wildman–Crippen LogP) is 2.33. The van der Waals surface area contributed by atoms with E-state index < -0.39 is 0 Å². The third kappa shape index (κ3) is 1.39. The molecule has 66 valence electrons. The van der Waals surface area contributed by atoms with Gasteiger partial charge in [0.2, 0.25) is 0 Å². The minimum absolute atomic E-state index is 0.375. The summed E-state index contributed by atoms with van der Waals surface area (Å²) in [6, 6.07) is 2.49. The lowest BCUT2D eigenvalue weighted by molar-refractivity contribution is 0.425. The van der Waals surface area contributed by atoms with E-state index in [-0.39, 0.29) is 0 Å². The second-order valence-corrected chi connectivity index (χ2v) is 4.89. The smallest absolute Gasteiger partial charge is 0.188 e. The van der Waals surface area contributed by atoms with Crippen molar-refractivity contribution in [3.8, 4) is 5.06 Å². The van der Waals surface area contributed by atoms with Crippen LogP contribution in [0.1, 0.15) is 17.2 Å². The Hall–Kier alpha value is -0.0600. The molecule has 1 fully saturated rings. The Balaban J connectivity index is 2.23. The molecule has 1 aliphatic carbocycles. The number of hydrogen-bond donors (Lipinski definition) is 1. The quantitative estimate of drug-likeness (QED) is 0.871. The minimum atomic E-state index is 0.375. The van der Waals surface area contributed by atoms with E-state index in [0.717, 1.165) is 16.0 Å². The number of methoxy groups -OCH3 is 1. The van der Waals surface area contributed by atoms with Crippen LogP contribution in [0.2, 0.25) is 0 Å². The molecule has 2 rings (SSSR count). The molecule has 0 bridgehead atoms. The van der Waals surface area contributed by atoms with Crippen LogP contribution in [0.5, 0.6) is 5.06 Å². The molecular weight excluding hydrogens is 238 g/mol. The van der Waals surface area contributed by atoms with E-state index in [1.165, 1.54) is 4.88 Å². The molecule has 12 heavy (non-hydrogen) atoms. The molecule has 0 radical (unpaired) electrons. The van der Waals surface area contributed by atoms with Crippen molar-refractivity contribution < 1.29 is 4.74 Å². The van der Waals surface area contributed by atoms with Crippen molar-refractivity contribution in [1.29, 1.82) is 0 Å². The van der Waals surface area contributed by atoms with E-state index in [1.807, 2.05) is 0 Å². The summed E-state index contributed by atoms with van der Waals surface area (Å²) >= 11 is 5.12. The van der Waals surface area contributed by atoms with Gasteiger partial charge in [-0.25, -0.2) is 0 Å². The number of thiophene rings is 1. The molecule has 4 heteroatoms. The van der Waals surface area contributed by atoms with E-state index in [0.29, 0.717) is 12.0 Å². The van der Waals surface area contributed by atoms with Crippen LogP contribution in [0, 0.1) is 0 Å². The molecule has 2 N–H and O–H groups in total. The van der Waals surface area contributed by atoms with Gasteiger partial charge in [-0.15, -0.1) is 11.3 Å². The highest BCUT2D eigenvalue weighted by atomic mass is 79.9. The summed E-state index contributed by atoms with van der Waals surface area (Å²) in [7, 11) is 1.69. The average molecular weight is 248 g/mol. The summed E-state index contributed by atoms with van der Waals surface area (Å²) in [6.45, 7) is 0. The maximum atomic E-state index is 5.75. The van der Waals surface area contributed by atoms with Gasteiger partial charge in [-0.3, -0.25) is 0 Å². The molecule has 2 atom stereocenters. The van der Waals surface area contributed by atoms with Crippen molar-refractivity contribution in [3.05, 3.63) is 15.4 Å². The molecule has 1 aromatic heterocycles. The van der Waals surface area contributed by atoms with Gasteiger partial charge in [0.25, 0.3) is 0 Å². The molecule has 1 heterocycles. The van der Waals surface area contributed by atoms with Gasteiger partial charge in [0.1, 0.15) is 0 Å². The van der Waals surface area contributed by atoms with Crippen LogP contribution in [0.3, 0.4) is 0 Å². The van der Waals surface area contributed by atoms with E-state index in [2.05, 4.69) is 22.0 Å². The van der Waals surface area contributed by atoms with E-state index in [9.17, 15) is 0 Å². The Labute approximate surface area is 83.8 Å². The Bertz CT molecular complexity index is 299. The van der Waals surface area contributed by atoms with Crippen LogP contribution >= 0.6 is 27.3 Å². The van der Waals surface area contributed by atoms with Crippen molar-refractivity contribution in [2.24, 2.45) is 5.73 Å². The zero-order valence-electron chi connectivity index (χ0n) is 6.71. The molecule has 0 amide bonds. The summed E-state index contributed by atoms with van der Waals surface area (Å²) < 4.78 is 6.22. The maximum Gasteiger partial charge on any atom is 0.188 e. The molecule has 2 nitrogen and oxygen atoms in total. The number of nitrogens with two attached hydrogens (primary N) is 1. The average Bonchev–Trinajstić information content (AvgIpc) is 2.63. The minimum Gasteiger partial charge on any atom is -0.486 e. The van der Waals surface area contributed by atoms with Crippen molar-refractivity contribution in [2.45, 2.75) is 18.4 Å². The van der Waals surface area contributed by atoms with Gasteiger partial charge < -0.3 is 10.5 Å². The molecule has 0 spiro atoms. The molecule has 1 aliphatic rings. The summed E-state index contributed by atoms with van der Waals surface area (Å²) in [6.07, 6.45) is 1.12. The van der Waals surface area contributed by atoms with E-state index in [4.69, 9.17) is 10.5 Å². The topological polar surface area (TPSA) is 35.2 Å². The van der Waals surface area contributed by atoms with Crippen LogP contribution in [-0.4, -0.2) is 13.2 Å². The van der Waals surface area contributed by atoms with Gasteiger partial charge >= 0.3 is 0 Å². The number of hydrogen-bond acceptors (Lipinski definition) is 3. The summed E-state index contributed by atoms with van der Waals surface area (Å²) in [5.74, 6) is 0.579. The first-order valence-electron chi connectivity index (χ1n) is 3.81. The van der Waals surface area contributed by atoms with Crippen molar-refractivity contribution >= 4 is 27.3 Å². The highest BCUT2D eigenvalue weighted by molar-refractivity contribution is 9.10. The van der Waals surface area contributed by atoms with Crippen molar-refractivity contribution in [2.75, 3.05) is 7.11 Å². The van der Waals surface area contributed by atoms with Gasteiger partial charge in [0.15, 0.2) is 5.06 Å². The SMILES string of the molecule is COc1sc([C@@H]2C[C@H]2N)cc1Br. The van der Waals surface area contributed by atoms with E-state index >= 15 is 0 Å². The van der Waals surface area contributed by atoms with Gasteiger partial charge in [0.05, 0.1) is 11.6 Å². The fourth-order valence-corrected chi connectivity index (χ4v) is 3.09. The fraction of sp³-hybridized carbons (Fsp3) is 0.500. The monoisotopic (exact) mass is 247 g/mol. The van der Waals surface area contributed by atoms with Crippen LogP contribution in [0.25, 0.3) is 0 Å². The Morgan fingerprint density at radius 2 is 2.42 bits per heavy atom. The second-order valence-electron chi connectivity index (χ2n) is 2.99. The molecule has 0 aliphatic heterocycles. The Morgan fingerprint density at radius 3 is 2.83 bits per heavy atom. The standard InChI is InChI=1S/C8H10BrNOS/c1-11-8-5(9)3-7(12-8)4-2-6(4)10/h3-4,6H,2,10H2,1H3/t4-,6-/m1/s1. The normalized spacial score (nSPS) is 27.2. The third-order valence-corrected chi connectivity index (χ3v) is 4.14. The first kappa shape index (κ1) is 8.53. The summed E-state index contributed by atoms with van der Waals surface area (Å²) in [5.41, 5.74) is 5.75. The van der Waals surface area contributed by atoms with Gasteiger partial charge in [0, 0.05) is 16.8 Å². The van der Waals surface area contributed by atoms with Crippen LogP contribution in [-0.2, 0) is 0 Å². The van der Waals surface area contributed by atoms with Crippen LogP contribution in [0.4, 0.5) is 0 Å². The lowest BCUT2D eigenvalue weighted by Crippen LogP contribution is -1.99. The first-order chi connectivity index (χ1) is 5.72. The number of halogens is 1. The zero-order valence-corrected chi connectivity index (χ0v) is 9.11. The largest absolute Gasteiger partial charge is 0.486 e. The Morgan fingerprint density at radius 1 is 1.75 bits per heavy atom. The van der Waals surface area contributed by atoms with Gasteiger partial charge in [-0.1, -0.05) is 0 Å². The highest BCUT2D eigenvalue weighted by Crippen LogP contribution is 2.47. The summed E-state index contributed by atoms with van der Waals surface area (Å²) in [4.78, 5) is 1.34. The van der Waals surface area contributed by atoms with Crippen LogP contribution < -0.4 is 10.5 Å². The van der Waals surface area contributed by atoms with Crippen molar-refractivity contribution in [1.82, 2.24) is 0 Å². The molecule has 0 aromatic carbocycles. The third-order valence-electron chi connectivity index (χ3n) is 2.07. The van der Waals surface area contributed by atoms with Crippen molar-refractivity contribution in [3.63, 3.8) is 0 Å². The molecular formula is C8H10BrNOS. The van der Waals surface area contributed by atoms with Gasteiger partial charge in [-0.05, 0) is 28.4 Å². The zero-order chi connectivity index (χ0) is 8.72. The fourth-order valence-electron chi connectivity index (χ4n) is 1.23. The first-order valence-corrected chi connectivity index (χ1v) is 5.42. The van der Waals surface area contributed by atoms with Crippen LogP contribution in [0.15, 0.2) is 10.5 Å². The lowest BCUT2D eigenvalue weighted by atomic mass is 10.3. The second kappa shape index (κ2) is 3.01.